The largest absolute Gasteiger partial charge is 0.487 e. The van der Waals surface area contributed by atoms with Gasteiger partial charge in [0.05, 0.1) is 10.9 Å². The van der Waals surface area contributed by atoms with Gasteiger partial charge in [-0.15, -0.1) is 11.3 Å². The van der Waals surface area contributed by atoms with Crippen LogP contribution in [0, 0.1) is 0 Å². The third kappa shape index (κ3) is 3.22. The summed E-state index contributed by atoms with van der Waals surface area (Å²) >= 11 is 0.976. The summed E-state index contributed by atoms with van der Waals surface area (Å²) in [5, 5.41) is 12.0. The van der Waals surface area contributed by atoms with Gasteiger partial charge in [0.2, 0.25) is 0 Å². The van der Waals surface area contributed by atoms with Crippen molar-refractivity contribution in [2.24, 2.45) is 0 Å². The molecule has 2 N–H and O–H groups in total. The Morgan fingerprint density at radius 3 is 2.61 bits per heavy atom. The number of thiophene rings is 1. The zero-order valence-corrected chi connectivity index (χ0v) is 13.6. The third-order valence-corrected chi connectivity index (χ3v) is 4.79. The van der Waals surface area contributed by atoms with Gasteiger partial charge in [-0.2, -0.15) is 0 Å². The van der Waals surface area contributed by atoms with Gasteiger partial charge in [0.25, 0.3) is 5.91 Å². The first-order chi connectivity index (χ1) is 10.9. The number of carbonyl (C=O) groups is 2. The van der Waals surface area contributed by atoms with Gasteiger partial charge in [0, 0.05) is 12.0 Å². The maximum absolute atomic E-state index is 12.4. The lowest BCUT2D eigenvalue weighted by Gasteiger charge is -2.37. The summed E-state index contributed by atoms with van der Waals surface area (Å²) in [6.07, 6.45) is 0.646. The number of nitrogens with one attached hydrogen (secondary N) is 1. The number of fused-ring (bicyclic) bond motifs is 1. The monoisotopic (exact) mass is 331 g/mol. The molecule has 5 nitrogen and oxygen atoms in total. The van der Waals surface area contributed by atoms with Crippen LogP contribution in [0.3, 0.4) is 0 Å². The first-order valence-corrected chi connectivity index (χ1v) is 8.09. The van der Waals surface area contributed by atoms with Crippen molar-refractivity contribution in [1.82, 2.24) is 5.32 Å². The molecule has 1 aliphatic rings. The summed E-state index contributed by atoms with van der Waals surface area (Å²) in [6, 6.07) is 10.5. The molecule has 1 aromatic carbocycles. The van der Waals surface area contributed by atoms with Crippen LogP contribution in [-0.4, -0.2) is 22.6 Å². The number of rotatable bonds is 3. The average molecular weight is 331 g/mol. The van der Waals surface area contributed by atoms with Crippen LogP contribution in [0.5, 0.6) is 5.75 Å². The van der Waals surface area contributed by atoms with Crippen molar-refractivity contribution in [1.29, 1.82) is 0 Å². The van der Waals surface area contributed by atoms with Gasteiger partial charge >= 0.3 is 5.97 Å². The molecule has 0 saturated carbocycles. The van der Waals surface area contributed by atoms with E-state index < -0.39 is 5.97 Å². The molecule has 2 heterocycles. The van der Waals surface area contributed by atoms with E-state index in [0.717, 1.165) is 22.6 Å². The number of aromatic carboxylic acids is 1. The highest BCUT2D eigenvalue weighted by atomic mass is 32.1. The van der Waals surface area contributed by atoms with E-state index >= 15 is 0 Å². The van der Waals surface area contributed by atoms with E-state index in [0.29, 0.717) is 11.3 Å². The lowest BCUT2D eigenvalue weighted by Crippen LogP contribution is -2.41. The molecule has 1 amide bonds. The van der Waals surface area contributed by atoms with Crippen LogP contribution < -0.4 is 10.1 Å². The van der Waals surface area contributed by atoms with E-state index in [1.807, 2.05) is 38.1 Å². The Morgan fingerprint density at radius 1 is 1.22 bits per heavy atom. The van der Waals surface area contributed by atoms with E-state index in [1.165, 1.54) is 6.07 Å². The second kappa shape index (κ2) is 5.70. The Bertz CT molecular complexity index is 765. The molecule has 1 unspecified atom stereocenters. The van der Waals surface area contributed by atoms with E-state index in [2.05, 4.69) is 5.32 Å². The summed E-state index contributed by atoms with van der Waals surface area (Å²) in [5.74, 6) is -0.516. The summed E-state index contributed by atoms with van der Waals surface area (Å²) in [5.41, 5.74) is 0.559. The summed E-state index contributed by atoms with van der Waals surface area (Å²) in [6.45, 7) is 3.96. The highest BCUT2D eigenvalue weighted by molar-refractivity contribution is 7.15. The molecule has 1 aliphatic heterocycles. The van der Waals surface area contributed by atoms with Gasteiger partial charge in [0.15, 0.2) is 0 Å². The molecule has 6 heteroatoms. The molecular weight excluding hydrogens is 314 g/mol. The van der Waals surface area contributed by atoms with E-state index in [-0.39, 0.29) is 22.4 Å². The predicted molar refractivity (Wildman–Crippen MR) is 87.3 cm³/mol. The van der Waals surface area contributed by atoms with Crippen LogP contribution in [0.1, 0.15) is 51.2 Å². The quantitative estimate of drug-likeness (QED) is 0.903. The minimum Gasteiger partial charge on any atom is -0.487 e. The van der Waals surface area contributed by atoms with Crippen molar-refractivity contribution in [3.63, 3.8) is 0 Å². The van der Waals surface area contributed by atoms with E-state index in [9.17, 15) is 9.59 Å². The number of ether oxygens (including phenoxy) is 1. The van der Waals surface area contributed by atoms with E-state index in [1.54, 1.807) is 6.07 Å². The molecule has 0 saturated heterocycles. The topological polar surface area (TPSA) is 75.6 Å². The number of carbonyl (C=O) groups excluding carboxylic acids is 1. The lowest BCUT2D eigenvalue weighted by atomic mass is 9.89. The molecule has 0 aliphatic carbocycles. The summed E-state index contributed by atoms with van der Waals surface area (Å²) in [7, 11) is 0. The number of hydrogen-bond acceptors (Lipinski definition) is 4. The highest BCUT2D eigenvalue weighted by Gasteiger charge is 2.34. The fourth-order valence-electron chi connectivity index (χ4n) is 2.74. The normalized spacial score (nSPS) is 18.6. The van der Waals surface area contributed by atoms with Gasteiger partial charge in [-0.25, -0.2) is 4.79 Å². The predicted octanol–water partition coefficient (Wildman–Crippen LogP) is 3.48. The smallest absolute Gasteiger partial charge is 0.345 e. The first kappa shape index (κ1) is 15.6. The maximum atomic E-state index is 12.4. The number of benzene rings is 1. The lowest BCUT2D eigenvalue weighted by molar-refractivity contribution is 0.0620. The van der Waals surface area contributed by atoms with Gasteiger partial charge in [-0.05, 0) is 32.0 Å². The molecule has 23 heavy (non-hydrogen) atoms. The van der Waals surface area contributed by atoms with Crippen molar-refractivity contribution in [3.05, 3.63) is 51.7 Å². The second-order valence-electron chi connectivity index (χ2n) is 6.10. The number of carboxylic acids is 1. The van der Waals surface area contributed by atoms with Crippen LogP contribution >= 0.6 is 11.3 Å². The Labute approximate surface area is 137 Å². The Morgan fingerprint density at radius 2 is 1.91 bits per heavy atom. The standard InChI is InChI=1S/C17H17NO4S/c1-17(2)9-11(10-5-3-4-6-12(10)22-17)18-15(19)13-7-8-14(23-13)16(20)21/h3-8,11H,9H2,1-2H3,(H,18,19)(H,20,21). The minimum absolute atomic E-state index is 0.155. The van der Waals surface area contributed by atoms with Crippen molar-refractivity contribution < 1.29 is 19.4 Å². The van der Waals surface area contributed by atoms with Crippen LogP contribution in [0.4, 0.5) is 0 Å². The number of amides is 1. The van der Waals surface area contributed by atoms with Crippen molar-refractivity contribution in [2.75, 3.05) is 0 Å². The van der Waals surface area contributed by atoms with Crippen LogP contribution in [-0.2, 0) is 0 Å². The Balaban J connectivity index is 1.84. The molecule has 1 atom stereocenters. The minimum atomic E-state index is -1.02. The van der Waals surface area contributed by atoms with E-state index in [4.69, 9.17) is 9.84 Å². The zero-order valence-electron chi connectivity index (χ0n) is 12.8. The molecule has 2 aromatic rings. The van der Waals surface area contributed by atoms with Crippen LogP contribution in [0.15, 0.2) is 36.4 Å². The van der Waals surface area contributed by atoms with Crippen molar-refractivity contribution >= 4 is 23.2 Å². The molecule has 3 rings (SSSR count). The Kier molecular flexibility index (Phi) is 3.85. The van der Waals surface area contributed by atoms with Gasteiger partial charge in [-0.1, -0.05) is 18.2 Å². The number of carboxylic acid groups (broad SMARTS) is 1. The molecule has 0 bridgehead atoms. The molecule has 0 radical (unpaired) electrons. The first-order valence-electron chi connectivity index (χ1n) is 7.28. The summed E-state index contributed by atoms with van der Waals surface area (Å²) < 4.78 is 5.95. The van der Waals surface area contributed by atoms with Gasteiger partial charge < -0.3 is 15.2 Å². The van der Waals surface area contributed by atoms with Crippen LogP contribution in [0.25, 0.3) is 0 Å². The van der Waals surface area contributed by atoms with Gasteiger partial charge in [-0.3, -0.25) is 4.79 Å². The highest BCUT2D eigenvalue weighted by Crippen LogP contribution is 2.39. The molecule has 120 valence electrons. The SMILES string of the molecule is CC1(C)CC(NC(=O)c2ccc(C(=O)O)s2)c2ccccc2O1. The maximum Gasteiger partial charge on any atom is 0.345 e. The third-order valence-electron chi connectivity index (χ3n) is 3.72. The fraction of sp³-hybridized carbons (Fsp3) is 0.294. The molecule has 0 spiro atoms. The number of para-hydroxylation sites is 1. The van der Waals surface area contributed by atoms with Crippen molar-refractivity contribution in [3.8, 4) is 5.75 Å². The fourth-order valence-corrected chi connectivity index (χ4v) is 3.48. The molecule has 0 fully saturated rings. The van der Waals surface area contributed by atoms with Crippen LogP contribution in [0.2, 0.25) is 0 Å². The van der Waals surface area contributed by atoms with Gasteiger partial charge in [0.1, 0.15) is 16.2 Å². The Hall–Kier alpha value is -2.34. The summed E-state index contributed by atoms with van der Waals surface area (Å²) in [4.78, 5) is 23.9. The molecular formula is C17H17NO4S. The molecule has 1 aromatic heterocycles. The average Bonchev–Trinajstić information content (AvgIpc) is 2.96. The number of hydrogen-bond donors (Lipinski definition) is 2. The van der Waals surface area contributed by atoms with Crippen molar-refractivity contribution in [2.45, 2.75) is 31.9 Å². The zero-order chi connectivity index (χ0) is 16.6. The second-order valence-corrected chi connectivity index (χ2v) is 7.18.